The molecule has 1 heterocycles. The van der Waals surface area contributed by atoms with Gasteiger partial charge in [0.05, 0.1) is 18.3 Å². The lowest BCUT2D eigenvalue weighted by atomic mass is 9.97. The maximum Gasteiger partial charge on any atom is 0.416 e. The van der Waals surface area contributed by atoms with Gasteiger partial charge in [-0.15, -0.1) is 0 Å². The number of halogens is 3. The molecule has 26 heavy (non-hydrogen) atoms. The summed E-state index contributed by atoms with van der Waals surface area (Å²) in [6.07, 6.45) is -3.54. The topological polar surface area (TPSA) is 91.3 Å². The molecule has 138 valence electrons. The fourth-order valence-corrected chi connectivity index (χ4v) is 2.72. The Kier molecular flexibility index (Phi) is 6.18. The fraction of sp³-hybridized carbons (Fsp3) is 0.333. The highest BCUT2D eigenvalue weighted by molar-refractivity contribution is 5.72. The number of nitriles is 1. The second-order valence-electron chi connectivity index (χ2n) is 5.84. The van der Waals surface area contributed by atoms with E-state index in [4.69, 9.17) is 11.0 Å². The third-order valence-electron chi connectivity index (χ3n) is 4.09. The van der Waals surface area contributed by atoms with Crippen molar-refractivity contribution in [3.05, 3.63) is 41.1 Å². The number of anilines is 1. The highest BCUT2D eigenvalue weighted by atomic mass is 19.4. The largest absolute Gasteiger partial charge is 0.416 e. The summed E-state index contributed by atoms with van der Waals surface area (Å²) in [7, 11) is 3.50. The van der Waals surface area contributed by atoms with Crippen molar-refractivity contribution in [3.63, 3.8) is 0 Å². The van der Waals surface area contributed by atoms with Crippen LogP contribution in [0.1, 0.15) is 23.2 Å². The molecule has 0 spiro atoms. The predicted molar refractivity (Wildman–Crippen MR) is 93.6 cm³/mol. The smallest absolute Gasteiger partial charge is 0.392 e. The van der Waals surface area contributed by atoms with Crippen molar-refractivity contribution >= 4 is 11.4 Å². The van der Waals surface area contributed by atoms with Crippen molar-refractivity contribution in [2.75, 3.05) is 26.4 Å². The third-order valence-corrected chi connectivity index (χ3v) is 4.09. The lowest BCUT2D eigenvalue weighted by Crippen LogP contribution is -2.73. The standard InChI is InChI=1S/C18H20F3N5/c1-24-7-3-4-11-5-6-12(8-13(11)18(19,20)21)14-9-15(25-2)17(23)16(10-22)26-14/h5-6,8-9,24H,3-4,7,23H2,1-2H3,(H,25,26)/p+1. The molecule has 0 bridgehead atoms. The molecule has 0 fully saturated rings. The minimum absolute atomic E-state index is 0.00209. The first-order valence-electron chi connectivity index (χ1n) is 8.16. The number of pyridine rings is 1. The molecule has 2 rings (SSSR count). The van der Waals surface area contributed by atoms with Crippen LogP contribution < -0.4 is 16.4 Å². The molecular formula is C18H21F3N5+. The number of alkyl halides is 3. The van der Waals surface area contributed by atoms with Gasteiger partial charge >= 0.3 is 6.18 Å². The number of nitrogens with zero attached hydrogens (tertiary/aromatic N) is 2. The summed E-state index contributed by atoms with van der Waals surface area (Å²) in [6, 6.07) is 7.65. The molecule has 0 amide bonds. The second-order valence-corrected chi connectivity index (χ2v) is 5.84. The summed E-state index contributed by atoms with van der Waals surface area (Å²) in [4.78, 5) is 4.11. The molecular weight excluding hydrogens is 343 g/mol. The van der Waals surface area contributed by atoms with Gasteiger partial charge in [-0.25, -0.2) is 4.98 Å². The molecule has 2 aromatic rings. The predicted octanol–water partition coefficient (Wildman–Crippen LogP) is 2.20. The summed E-state index contributed by atoms with van der Waals surface area (Å²) in [6.45, 7) is 0.639. The molecule has 1 aromatic heterocycles. The zero-order chi connectivity index (χ0) is 19.3. The van der Waals surface area contributed by atoms with Gasteiger partial charge in [-0.2, -0.15) is 18.4 Å². The minimum Gasteiger partial charge on any atom is -0.392 e. The van der Waals surface area contributed by atoms with Crippen LogP contribution in [0.25, 0.3) is 11.3 Å². The number of benzene rings is 1. The van der Waals surface area contributed by atoms with Crippen LogP contribution >= 0.6 is 0 Å². The molecule has 5 N–H and O–H groups in total. The van der Waals surface area contributed by atoms with Crippen molar-refractivity contribution in [2.24, 2.45) is 0 Å². The quantitative estimate of drug-likeness (QED) is 0.686. The van der Waals surface area contributed by atoms with Crippen LogP contribution in [0.5, 0.6) is 0 Å². The Bertz CT molecular complexity index is 825. The van der Waals surface area contributed by atoms with Gasteiger partial charge in [0.2, 0.25) is 0 Å². The lowest BCUT2D eigenvalue weighted by molar-refractivity contribution is -0.538. The van der Waals surface area contributed by atoms with Crippen molar-refractivity contribution in [1.82, 2.24) is 10.3 Å². The number of nitrogens with two attached hydrogens (primary N) is 2. The van der Waals surface area contributed by atoms with Gasteiger partial charge in [0.15, 0.2) is 11.4 Å². The first-order chi connectivity index (χ1) is 12.3. The number of rotatable bonds is 6. The molecule has 0 unspecified atom stereocenters. The Morgan fingerprint density at radius 3 is 2.62 bits per heavy atom. The highest BCUT2D eigenvalue weighted by Gasteiger charge is 2.33. The molecule has 0 atom stereocenters. The van der Waals surface area contributed by atoms with Crippen molar-refractivity contribution in [1.29, 1.82) is 5.26 Å². The monoisotopic (exact) mass is 364 g/mol. The van der Waals surface area contributed by atoms with Gasteiger partial charge in [0.25, 0.3) is 0 Å². The Labute approximate surface area is 150 Å². The van der Waals surface area contributed by atoms with Crippen LogP contribution in [-0.4, -0.2) is 25.6 Å². The van der Waals surface area contributed by atoms with Gasteiger partial charge < -0.3 is 16.4 Å². The summed E-state index contributed by atoms with van der Waals surface area (Å²) in [5, 5.41) is 13.8. The second kappa shape index (κ2) is 8.17. The average Bonchev–Trinajstić information content (AvgIpc) is 2.61. The van der Waals surface area contributed by atoms with Gasteiger partial charge in [0, 0.05) is 11.6 Å². The normalized spacial score (nSPS) is 11.4. The SMILES string of the molecule is CNCCCc1ccc(-c2cc([NH2+]C)c(N)c(C#N)n2)cc1C(F)(F)F. The Balaban J connectivity index is 2.53. The van der Waals surface area contributed by atoms with Gasteiger partial charge in [-0.1, -0.05) is 12.1 Å². The number of aryl methyl sites for hydroxylation is 1. The zero-order valence-corrected chi connectivity index (χ0v) is 14.6. The third kappa shape index (κ3) is 4.31. The van der Waals surface area contributed by atoms with E-state index in [1.54, 1.807) is 31.5 Å². The molecule has 0 aliphatic carbocycles. The van der Waals surface area contributed by atoms with Crippen molar-refractivity contribution in [3.8, 4) is 17.3 Å². The number of aromatic nitrogens is 1. The molecule has 0 saturated heterocycles. The molecule has 0 aliphatic rings. The van der Waals surface area contributed by atoms with Gasteiger partial charge in [-0.3, -0.25) is 0 Å². The van der Waals surface area contributed by atoms with E-state index >= 15 is 0 Å². The first kappa shape index (κ1) is 19.7. The van der Waals surface area contributed by atoms with Crippen molar-refractivity contribution < 1.29 is 18.5 Å². The Morgan fingerprint density at radius 2 is 2.04 bits per heavy atom. The van der Waals surface area contributed by atoms with Crippen LogP contribution in [-0.2, 0) is 12.6 Å². The maximum atomic E-state index is 13.5. The van der Waals surface area contributed by atoms with E-state index in [-0.39, 0.29) is 22.6 Å². The van der Waals surface area contributed by atoms with E-state index in [1.165, 1.54) is 6.07 Å². The van der Waals surface area contributed by atoms with E-state index in [9.17, 15) is 13.2 Å². The number of nitrogen functional groups attached to an aromatic ring is 1. The lowest BCUT2D eigenvalue weighted by Gasteiger charge is -2.15. The summed E-state index contributed by atoms with van der Waals surface area (Å²) < 4.78 is 40.5. The van der Waals surface area contributed by atoms with Crippen LogP contribution in [0.15, 0.2) is 24.3 Å². The van der Waals surface area contributed by atoms with Gasteiger partial charge in [-0.05, 0) is 38.1 Å². The summed E-state index contributed by atoms with van der Waals surface area (Å²) in [5.74, 6) is 0. The molecule has 0 saturated carbocycles. The fourth-order valence-electron chi connectivity index (χ4n) is 2.72. The summed E-state index contributed by atoms with van der Waals surface area (Å²) >= 11 is 0. The van der Waals surface area contributed by atoms with E-state index in [1.807, 2.05) is 6.07 Å². The summed E-state index contributed by atoms with van der Waals surface area (Å²) in [5.41, 5.74) is 6.79. The van der Waals surface area contributed by atoms with Crippen LogP contribution in [0.4, 0.5) is 24.5 Å². The number of hydrogen-bond acceptors (Lipinski definition) is 4. The number of hydrogen-bond donors (Lipinski definition) is 3. The van der Waals surface area contributed by atoms with Crippen LogP contribution in [0, 0.1) is 11.3 Å². The van der Waals surface area contributed by atoms with Crippen molar-refractivity contribution in [2.45, 2.75) is 19.0 Å². The van der Waals surface area contributed by atoms with E-state index < -0.39 is 11.7 Å². The molecule has 0 radical (unpaired) electrons. The Morgan fingerprint density at radius 1 is 1.31 bits per heavy atom. The molecule has 5 nitrogen and oxygen atoms in total. The molecule has 1 aromatic carbocycles. The van der Waals surface area contributed by atoms with Crippen LogP contribution in [0.2, 0.25) is 0 Å². The average molecular weight is 364 g/mol. The molecule has 0 aliphatic heterocycles. The minimum atomic E-state index is -4.46. The maximum absolute atomic E-state index is 13.5. The number of quaternary nitrogens is 1. The molecule has 8 heteroatoms. The van der Waals surface area contributed by atoms with E-state index in [0.29, 0.717) is 30.6 Å². The zero-order valence-electron chi connectivity index (χ0n) is 14.6. The number of nitrogens with one attached hydrogen (secondary N) is 1. The van der Waals surface area contributed by atoms with E-state index in [2.05, 4.69) is 10.3 Å². The highest BCUT2D eigenvalue weighted by Crippen LogP contribution is 2.36. The van der Waals surface area contributed by atoms with Crippen LogP contribution in [0.3, 0.4) is 0 Å². The van der Waals surface area contributed by atoms with Gasteiger partial charge in [0.1, 0.15) is 11.8 Å². The Hall–Kier alpha value is -2.63. The van der Waals surface area contributed by atoms with E-state index in [0.717, 1.165) is 6.07 Å². The first-order valence-corrected chi connectivity index (χ1v) is 8.16.